The van der Waals surface area contributed by atoms with Crippen molar-refractivity contribution in [3.8, 4) is 22.6 Å². The van der Waals surface area contributed by atoms with Gasteiger partial charge in [0.05, 0.1) is 36.1 Å². The molecule has 0 aliphatic carbocycles. The minimum Gasteiger partial charge on any atom is -0.493 e. The number of likely N-dealkylation sites (tertiary alicyclic amines) is 1. The topological polar surface area (TPSA) is 69.4 Å². The lowest BCUT2D eigenvalue weighted by atomic mass is 10.0. The van der Waals surface area contributed by atoms with Crippen LogP contribution in [-0.4, -0.2) is 45.1 Å². The maximum atomic E-state index is 14.2. The normalized spacial score (nSPS) is 15.8. The predicted octanol–water partition coefficient (Wildman–Crippen LogP) is 4.35. The average Bonchev–Trinajstić information content (AvgIpc) is 3.19. The van der Waals surface area contributed by atoms with E-state index in [2.05, 4.69) is 11.6 Å². The van der Waals surface area contributed by atoms with E-state index < -0.39 is 5.82 Å². The minimum absolute atomic E-state index is 0.128. The van der Waals surface area contributed by atoms with Crippen molar-refractivity contribution in [2.24, 2.45) is 0 Å². The molecule has 1 amide bonds. The summed E-state index contributed by atoms with van der Waals surface area (Å²) in [5.74, 6) is -0.387. The monoisotopic (exact) mass is 472 g/mol. The number of carbonyl (C=O) groups excluding carboxylic acids is 1. The second-order valence-corrected chi connectivity index (χ2v) is 8.50. The first-order chi connectivity index (χ1) is 17.0. The molecule has 1 aliphatic rings. The van der Waals surface area contributed by atoms with Gasteiger partial charge in [-0.25, -0.2) is 9.18 Å². The van der Waals surface area contributed by atoms with Crippen LogP contribution in [0.25, 0.3) is 27.8 Å². The quantitative estimate of drug-likeness (QED) is 0.405. The Morgan fingerprint density at radius 3 is 2.71 bits per heavy atom. The van der Waals surface area contributed by atoms with E-state index in [1.165, 1.54) is 19.3 Å². The first-order valence-corrected chi connectivity index (χ1v) is 11.4. The SMILES string of the molecule is C=CC(=O)N1CCC[C@@H](n2c(=O)n(-c3ccc(-c4cccc(F)c4OC)cc3)c3cnccc32)C1. The molecule has 0 radical (unpaired) electrons. The first kappa shape index (κ1) is 22.6. The first-order valence-electron chi connectivity index (χ1n) is 11.4. The third-order valence-corrected chi connectivity index (χ3v) is 6.53. The number of piperidine rings is 1. The number of aromatic nitrogens is 3. The van der Waals surface area contributed by atoms with Gasteiger partial charge in [0.25, 0.3) is 0 Å². The number of nitrogens with zero attached hydrogens (tertiary/aromatic N) is 4. The zero-order valence-electron chi connectivity index (χ0n) is 19.4. The number of benzene rings is 2. The van der Waals surface area contributed by atoms with Gasteiger partial charge in [0, 0.05) is 24.8 Å². The zero-order valence-corrected chi connectivity index (χ0v) is 19.4. The molecule has 5 rings (SSSR count). The molecule has 1 fully saturated rings. The summed E-state index contributed by atoms with van der Waals surface area (Å²) >= 11 is 0. The lowest BCUT2D eigenvalue weighted by Gasteiger charge is -2.32. The van der Waals surface area contributed by atoms with Crippen molar-refractivity contribution in [2.45, 2.75) is 18.9 Å². The van der Waals surface area contributed by atoms with E-state index in [4.69, 9.17) is 4.74 Å². The maximum Gasteiger partial charge on any atom is 0.334 e. The smallest absolute Gasteiger partial charge is 0.334 e. The van der Waals surface area contributed by atoms with Crippen molar-refractivity contribution in [2.75, 3.05) is 20.2 Å². The summed E-state index contributed by atoms with van der Waals surface area (Å²) in [5, 5.41) is 0. The fourth-order valence-electron chi connectivity index (χ4n) is 4.90. The van der Waals surface area contributed by atoms with Gasteiger partial charge >= 0.3 is 5.69 Å². The second-order valence-electron chi connectivity index (χ2n) is 8.50. The number of hydrogen-bond acceptors (Lipinski definition) is 4. The molecule has 0 bridgehead atoms. The van der Waals surface area contributed by atoms with E-state index in [1.807, 2.05) is 30.3 Å². The van der Waals surface area contributed by atoms with Crippen LogP contribution in [0.3, 0.4) is 0 Å². The van der Waals surface area contributed by atoms with Gasteiger partial charge in [-0.3, -0.25) is 18.9 Å². The highest BCUT2D eigenvalue weighted by atomic mass is 19.1. The number of para-hydroxylation sites is 1. The van der Waals surface area contributed by atoms with Crippen molar-refractivity contribution < 1.29 is 13.9 Å². The summed E-state index contributed by atoms with van der Waals surface area (Å²) in [4.78, 5) is 31.9. The van der Waals surface area contributed by atoms with Gasteiger partial charge in [-0.05, 0) is 48.7 Å². The Morgan fingerprint density at radius 1 is 1.17 bits per heavy atom. The molecule has 178 valence electrons. The van der Waals surface area contributed by atoms with E-state index in [-0.39, 0.29) is 23.4 Å². The number of pyridine rings is 1. The van der Waals surface area contributed by atoms with Gasteiger partial charge in [0.2, 0.25) is 5.91 Å². The van der Waals surface area contributed by atoms with Crippen LogP contribution >= 0.6 is 0 Å². The fourth-order valence-corrected chi connectivity index (χ4v) is 4.90. The number of ether oxygens (including phenoxy) is 1. The molecule has 8 heteroatoms. The molecular formula is C27H25FN4O3. The molecule has 0 unspecified atom stereocenters. The summed E-state index contributed by atoms with van der Waals surface area (Å²) in [6.45, 7) is 4.69. The average molecular weight is 473 g/mol. The van der Waals surface area contributed by atoms with Crippen LogP contribution < -0.4 is 10.4 Å². The number of carbonyl (C=O) groups is 1. The molecule has 1 saturated heterocycles. The summed E-state index contributed by atoms with van der Waals surface area (Å²) in [5.41, 5.74) is 3.32. The van der Waals surface area contributed by atoms with E-state index in [0.29, 0.717) is 29.9 Å². The fraction of sp³-hybridized carbons (Fsp3) is 0.222. The number of hydrogen-bond donors (Lipinski definition) is 0. The third-order valence-electron chi connectivity index (χ3n) is 6.53. The Kier molecular flexibility index (Phi) is 5.94. The van der Waals surface area contributed by atoms with E-state index in [0.717, 1.165) is 23.9 Å². The molecule has 0 spiro atoms. The Balaban J connectivity index is 1.58. The van der Waals surface area contributed by atoms with Gasteiger partial charge in [-0.1, -0.05) is 30.8 Å². The van der Waals surface area contributed by atoms with Gasteiger partial charge in [-0.2, -0.15) is 0 Å². The van der Waals surface area contributed by atoms with Crippen molar-refractivity contribution >= 4 is 16.9 Å². The molecule has 2 aromatic carbocycles. The van der Waals surface area contributed by atoms with Crippen molar-refractivity contribution in [3.05, 3.63) is 89.9 Å². The Bertz CT molecular complexity index is 1470. The zero-order chi connectivity index (χ0) is 24.5. The summed E-state index contributed by atoms with van der Waals surface area (Å²) < 4.78 is 22.8. The largest absolute Gasteiger partial charge is 0.493 e. The Hall–Kier alpha value is -4.20. The van der Waals surface area contributed by atoms with E-state index >= 15 is 0 Å². The Morgan fingerprint density at radius 2 is 1.97 bits per heavy atom. The molecule has 35 heavy (non-hydrogen) atoms. The molecule has 0 N–H and O–H groups in total. The predicted molar refractivity (Wildman–Crippen MR) is 132 cm³/mol. The number of fused-ring (bicyclic) bond motifs is 1. The molecule has 3 heterocycles. The highest BCUT2D eigenvalue weighted by Gasteiger charge is 2.27. The van der Waals surface area contributed by atoms with Gasteiger partial charge < -0.3 is 9.64 Å². The molecule has 2 aromatic heterocycles. The van der Waals surface area contributed by atoms with Gasteiger partial charge in [0.1, 0.15) is 0 Å². The molecular weight excluding hydrogens is 447 g/mol. The highest BCUT2D eigenvalue weighted by Crippen LogP contribution is 2.33. The van der Waals surface area contributed by atoms with E-state index in [1.54, 1.807) is 38.6 Å². The van der Waals surface area contributed by atoms with Crippen LogP contribution in [0.5, 0.6) is 5.75 Å². The molecule has 0 saturated carbocycles. The van der Waals surface area contributed by atoms with Gasteiger partial charge in [0.15, 0.2) is 11.6 Å². The van der Waals surface area contributed by atoms with Crippen LogP contribution in [0.1, 0.15) is 18.9 Å². The minimum atomic E-state index is -0.434. The summed E-state index contributed by atoms with van der Waals surface area (Å²) in [7, 11) is 1.44. The lowest BCUT2D eigenvalue weighted by molar-refractivity contribution is -0.127. The molecule has 1 aliphatic heterocycles. The van der Waals surface area contributed by atoms with Crippen molar-refractivity contribution in [1.29, 1.82) is 0 Å². The van der Waals surface area contributed by atoms with Crippen molar-refractivity contribution in [3.63, 3.8) is 0 Å². The van der Waals surface area contributed by atoms with Crippen LogP contribution in [0.15, 0.2) is 78.4 Å². The van der Waals surface area contributed by atoms with Crippen LogP contribution in [0.4, 0.5) is 4.39 Å². The van der Waals surface area contributed by atoms with Crippen LogP contribution in [-0.2, 0) is 4.79 Å². The molecule has 4 aromatic rings. The lowest BCUT2D eigenvalue weighted by Crippen LogP contribution is -2.42. The number of methoxy groups -OCH3 is 1. The van der Waals surface area contributed by atoms with Crippen LogP contribution in [0.2, 0.25) is 0 Å². The van der Waals surface area contributed by atoms with Gasteiger partial charge in [-0.15, -0.1) is 0 Å². The summed E-state index contributed by atoms with van der Waals surface area (Å²) in [6.07, 6.45) is 6.25. The third kappa shape index (κ3) is 3.90. The Labute approximate surface area is 201 Å². The number of rotatable bonds is 5. The second kappa shape index (κ2) is 9.21. The van der Waals surface area contributed by atoms with Crippen LogP contribution in [0, 0.1) is 5.82 Å². The standard InChI is InChI=1S/C27H25FN4O3/c1-3-25(33)30-15-5-6-20(17-30)32-23-13-14-29-16-24(23)31(27(32)34)19-11-9-18(10-12-19)21-7-4-8-22(28)26(21)35-2/h3-4,7-14,16,20H,1,5-6,15,17H2,2H3/t20-/m1/s1. The number of imidazole rings is 1. The summed E-state index contributed by atoms with van der Waals surface area (Å²) in [6, 6.07) is 13.8. The number of halogens is 1. The number of amides is 1. The van der Waals surface area contributed by atoms with Crippen molar-refractivity contribution in [1.82, 2.24) is 19.0 Å². The van der Waals surface area contributed by atoms with E-state index in [9.17, 15) is 14.0 Å². The molecule has 1 atom stereocenters. The maximum absolute atomic E-state index is 14.2. The highest BCUT2D eigenvalue weighted by molar-refractivity contribution is 5.87. The molecule has 7 nitrogen and oxygen atoms in total.